The summed E-state index contributed by atoms with van der Waals surface area (Å²) < 4.78 is 0. The van der Waals surface area contributed by atoms with Crippen LogP contribution in [0.15, 0.2) is 30.3 Å². The third-order valence-corrected chi connectivity index (χ3v) is 3.06. The number of aryl methyl sites for hydroxylation is 1. The fourth-order valence-electron chi connectivity index (χ4n) is 1.64. The Morgan fingerprint density at radius 1 is 1.12 bits per heavy atom. The molecule has 0 bridgehead atoms. The van der Waals surface area contributed by atoms with Crippen LogP contribution in [0.1, 0.15) is 51.5 Å². The van der Waals surface area contributed by atoms with Crippen LogP contribution in [0.3, 0.4) is 0 Å². The average molecular weight is 222 g/mol. The van der Waals surface area contributed by atoms with Crippen molar-refractivity contribution in [2.45, 2.75) is 52.4 Å². The molecular weight excluding hydrogens is 196 g/mol. The van der Waals surface area contributed by atoms with Crippen LogP contribution in [0.25, 0.3) is 0 Å². The minimum absolute atomic E-state index is 0. The van der Waals surface area contributed by atoms with Gasteiger partial charge >= 0.3 is 0 Å². The second-order valence-electron chi connectivity index (χ2n) is 4.63. The normalized spacial score (nSPS) is 14.1. The summed E-state index contributed by atoms with van der Waals surface area (Å²) in [6.07, 6.45) is 8.29. The van der Waals surface area contributed by atoms with Gasteiger partial charge in [-0.15, -0.1) is 0 Å². The first-order valence-corrected chi connectivity index (χ1v) is 6.37. The molecule has 1 aromatic rings. The maximum Gasteiger partial charge on any atom is -0.0279 e. The summed E-state index contributed by atoms with van der Waals surface area (Å²) in [4.78, 5) is 0. The molecule has 0 unspecified atom stereocenters. The van der Waals surface area contributed by atoms with Gasteiger partial charge in [0.05, 0.1) is 0 Å². The van der Waals surface area contributed by atoms with E-state index in [9.17, 15) is 0 Å². The van der Waals surface area contributed by atoms with Gasteiger partial charge in [-0.3, -0.25) is 0 Å². The Morgan fingerprint density at radius 2 is 1.69 bits per heavy atom. The Balaban J connectivity index is 0.000000318. The lowest BCUT2D eigenvalue weighted by Gasteiger charge is -2.18. The van der Waals surface area contributed by atoms with Gasteiger partial charge in [0.1, 0.15) is 0 Å². The molecule has 1 aromatic carbocycles. The first kappa shape index (κ1) is 15.2. The summed E-state index contributed by atoms with van der Waals surface area (Å²) in [6, 6.07) is 10.6. The highest BCUT2D eigenvalue weighted by atomic mass is 16.0. The minimum atomic E-state index is 0. The summed E-state index contributed by atoms with van der Waals surface area (Å²) in [5, 5.41) is 0. The highest BCUT2D eigenvalue weighted by Crippen LogP contribution is 2.24. The van der Waals surface area contributed by atoms with Crippen molar-refractivity contribution in [1.82, 2.24) is 0 Å². The van der Waals surface area contributed by atoms with E-state index in [1.165, 1.54) is 44.1 Å². The Morgan fingerprint density at radius 3 is 2.06 bits per heavy atom. The van der Waals surface area contributed by atoms with E-state index >= 15 is 0 Å². The maximum absolute atomic E-state index is 2.31. The van der Waals surface area contributed by atoms with Gasteiger partial charge in [-0.1, -0.05) is 69.9 Å². The van der Waals surface area contributed by atoms with Gasteiger partial charge in [-0.05, 0) is 24.3 Å². The Hall–Kier alpha value is -0.820. The van der Waals surface area contributed by atoms with Crippen LogP contribution in [0, 0.1) is 5.92 Å². The standard InChI is InChI=1S/C10H14.C5H10.H2O/c1-2-3-7-10-8-5-4-6-9-10;1-5-3-2-4-5;/h4-6,8-9H,2-3,7H2,1H3;5H,2-4H2,1H3;1H2. The van der Waals surface area contributed by atoms with Gasteiger partial charge in [0, 0.05) is 0 Å². The first-order valence-electron chi connectivity index (χ1n) is 6.37. The molecule has 1 nitrogen and oxygen atoms in total. The molecule has 1 fully saturated rings. The molecule has 2 rings (SSSR count). The Kier molecular flexibility index (Phi) is 8.93. The number of rotatable bonds is 3. The maximum atomic E-state index is 2.31. The molecular formula is C15H26O. The summed E-state index contributed by atoms with van der Waals surface area (Å²) >= 11 is 0. The van der Waals surface area contributed by atoms with Crippen molar-refractivity contribution in [2.75, 3.05) is 0 Å². The van der Waals surface area contributed by atoms with E-state index in [4.69, 9.17) is 0 Å². The van der Waals surface area contributed by atoms with Crippen LogP contribution in [0.2, 0.25) is 0 Å². The fraction of sp³-hybridized carbons (Fsp3) is 0.600. The van der Waals surface area contributed by atoms with Gasteiger partial charge < -0.3 is 5.48 Å². The number of hydrogen-bond donors (Lipinski definition) is 0. The van der Waals surface area contributed by atoms with E-state index in [2.05, 4.69) is 44.2 Å². The summed E-state index contributed by atoms with van der Waals surface area (Å²) in [5.41, 5.74) is 1.46. The van der Waals surface area contributed by atoms with Crippen molar-refractivity contribution in [2.24, 2.45) is 5.92 Å². The van der Waals surface area contributed by atoms with Crippen molar-refractivity contribution < 1.29 is 5.48 Å². The van der Waals surface area contributed by atoms with Crippen molar-refractivity contribution in [3.8, 4) is 0 Å². The number of benzene rings is 1. The molecule has 16 heavy (non-hydrogen) atoms. The molecule has 2 N–H and O–H groups in total. The summed E-state index contributed by atoms with van der Waals surface area (Å²) in [6.45, 7) is 4.53. The molecule has 0 atom stereocenters. The number of hydrogen-bond acceptors (Lipinski definition) is 0. The lowest BCUT2D eigenvalue weighted by molar-refractivity contribution is 0.346. The van der Waals surface area contributed by atoms with E-state index in [1.54, 1.807) is 0 Å². The molecule has 0 saturated heterocycles. The third-order valence-electron chi connectivity index (χ3n) is 3.06. The zero-order chi connectivity index (χ0) is 10.9. The SMILES string of the molecule is CC1CCC1.CCCCc1ccccc1.O. The molecule has 1 saturated carbocycles. The van der Waals surface area contributed by atoms with Crippen LogP contribution in [-0.2, 0) is 6.42 Å². The third kappa shape index (κ3) is 6.62. The monoisotopic (exact) mass is 222 g/mol. The van der Waals surface area contributed by atoms with E-state index < -0.39 is 0 Å². The molecule has 1 aliphatic rings. The molecule has 1 heteroatoms. The molecule has 0 radical (unpaired) electrons. The molecule has 0 aliphatic heterocycles. The van der Waals surface area contributed by atoms with E-state index in [0.29, 0.717) is 0 Å². The van der Waals surface area contributed by atoms with Crippen LogP contribution < -0.4 is 0 Å². The van der Waals surface area contributed by atoms with Crippen molar-refractivity contribution in [3.05, 3.63) is 35.9 Å². The Labute approximate surface area is 100 Å². The first-order chi connectivity index (χ1) is 7.33. The van der Waals surface area contributed by atoms with Crippen molar-refractivity contribution in [3.63, 3.8) is 0 Å². The highest BCUT2D eigenvalue weighted by molar-refractivity contribution is 5.14. The highest BCUT2D eigenvalue weighted by Gasteiger charge is 2.09. The van der Waals surface area contributed by atoms with E-state index in [1.807, 2.05) is 0 Å². The van der Waals surface area contributed by atoms with Gasteiger partial charge in [0.15, 0.2) is 0 Å². The summed E-state index contributed by atoms with van der Waals surface area (Å²) in [7, 11) is 0. The topological polar surface area (TPSA) is 31.5 Å². The molecule has 0 aromatic heterocycles. The summed E-state index contributed by atoms with van der Waals surface area (Å²) in [5.74, 6) is 1.06. The fourth-order valence-corrected chi connectivity index (χ4v) is 1.64. The predicted molar refractivity (Wildman–Crippen MR) is 71.7 cm³/mol. The van der Waals surface area contributed by atoms with Crippen LogP contribution in [0.5, 0.6) is 0 Å². The Bertz CT molecular complexity index is 239. The molecule has 0 heterocycles. The zero-order valence-electron chi connectivity index (χ0n) is 10.7. The molecule has 92 valence electrons. The number of unbranched alkanes of at least 4 members (excludes halogenated alkanes) is 1. The van der Waals surface area contributed by atoms with Gasteiger partial charge in [-0.2, -0.15) is 0 Å². The van der Waals surface area contributed by atoms with Crippen molar-refractivity contribution >= 4 is 0 Å². The van der Waals surface area contributed by atoms with Gasteiger partial charge in [0.25, 0.3) is 0 Å². The van der Waals surface area contributed by atoms with Gasteiger partial charge in [-0.25, -0.2) is 0 Å². The van der Waals surface area contributed by atoms with E-state index in [-0.39, 0.29) is 5.48 Å². The predicted octanol–water partition coefficient (Wildman–Crippen LogP) is 4.01. The molecule has 1 aliphatic carbocycles. The lowest BCUT2D eigenvalue weighted by atomic mass is 9.88. The smallest absolute Gasteiger partial charge is 0.0279 e. The largest absolute Gasteiger partial charge is 0.412 e. The second kappa shape index (κ2) is 9.41. The van der Waals surface area contributed by atoms with Crippen LogP contribution in [0.4, 0.5) is 0 Å². The van der Waals surface area contributed by atoms with Gasteiger partial charge in [0.2, 0.25) is 0 Å². The molecule has 0 amide bonds. The van der Waals surface area contributed by atoms with Crippen molar-refractivity contribution in [1.29, 1.82) is 0 Å². The van der Waals surface area contributed by atoms with Crippen LogP contribution in [-0.4, -0.2) is 5.48 Å². The average Bonchev–Trinajstić information content (AvgIpc) is 2.26. The zero-order valence-corrected chi connectivity index (χ0v) is 10.7. The van der Waals surface area contributed by atoms with Crippen LogP contribution >= 0.6 is 0 Å². The van der Waals surface area contributed by atoms with E-state index in [0.717, 1.165) is 5.92 Å². The quantitative estimate of drug-likeness (QED) is 0.740. The second-order valence-corrected chi connectivity index (χ2v) is 4.63. The minimum Gasteiger partial charge on any atom is -0.412 e. The molecule has 0 spiro atoms. The lowest BCUT2D eigenvalue weighted by Crippen LogP contribution is -2.04.